The third-order valence-electron chi connectivity index (χ3n) is 5.75. The van der Waals surface area contributed by atoms with Gasteiger partial charge in [-0.1, -0.05) is 47.8 Å². The number of rotatable bonds is 10. The Kier molecular flexibility index (Phi) is 7.71. The van der Waals surface area contributed by atoms with Crippen LogP contribution in [0, 0.1) is 23.2 Å². The monoisotopic (exact) mass is 510 g/mol. The van der Waals surface area contributed by atoms with Gasteiger partial charge in [-0.05, 0) is 31.4 Å². The Morgan fingerprint density at radius 1 is 1.31 bits per heavy atom. The lowest BCUT2D eigenvalue weighted by Gasteiger charge is -2.15. The molecule has 186 valence electrons. The number of benzene rings is 1. The number of carbonyl (C=O) groups excluding carboxylic acids is 1. The van der Waals surface area contributed by atoms with Crippen molar-refractivity contribution in [1.82, 2.24) is 10.1 Å². The average molecular weight is 511 g/mol. The summed E-state index contributed by atoms with van der Waals surface area (Å²) >= 11 is 6.16. The van der Waals surface area contributed by atoms with E-state index in [2.05, 4.69) is 15.5 Å². The van der Waals surface area contributed by atoms with Gasteiger partial charge in [0, 0.05) is 28.4 Å². The van der Waals surface area contributed by atoms with E-state index in [1.165, 1.54) is 6.20 Å². The predicted octanol–water partition coefficient (Wildman–Crippen LogP) is 5.45. The van der Waals surface area contributed by atoms with Gasteiger partial charge in [-0.15, -0.1) is 0 Å². The molecule has 1 aromatic carbocycles. The van der Waals surface area contributed by atoms with Crippen molar-refractivity contribution < 1.29 is 28.7 Å². The van der Waals surface area contributed by atoms with Crippen LogP contribution >= 0.6 is 11.6 Å². The number of carboxylic acids is 1. The first-order valence-corrected chi connectivity index (χ1v) is 11.7. The fourth-order valence-corrected chi connectivity index (χ4v) is 3.91. The van der Waals surface area contributed by atoms with Gasteiger partial charge in [0.1, 0.15) is 24.5 Å². The summed E-state index contributed by atoms with van der Waals surface area (Å²) in [5.41, 5.74) is 0.928. The van der Waals surface area contributed by atoms with Gasteiger partial charge in [-0.3, -0.25) is 10.1 Å². The van der Waals surface area contributed by atoms with Crippen LogP contribution in [0.3, 0.4) is 0 Å². The number of ether oxygens (including phenoxy) is 2. The molecule has 10 nitrogen and oxygen atoms in total. The summed E-state index contributed by atoms with van der Waals surface area (Å²) in [6.45, 7) is 1.68. The SMILES string of the molecule is CC(OC(=O)Nc1c(C#N)noc1-c1ccc(OCC(CC2CC2)C(=O)O)nc1)c1ccccc1Cl. The number of amides is 1. The zero-order valence-electron chi connectivity index (χ0n) is 19.3. The number of hydrogen-bond acceptors (Lipinski definition) is 8. The molecule has 1 amide bonds. The van der Waals surface area contributed by atoms with Crippen LogP contribution in [-0.2, 0) is 9.53 Å². The molecule has 1 aliphatic rings. The molecule has 0 radical (unpaired) electrons. The predicted molar refractivity (Wildman–Crippen MR) is 128 cm³/mol. The minimum atomic E-state index is -0.893. The average Bonchev–Trinajstić information content (AvgIpc) is 3.60. The highest BCUT2D eigenvalue weighted by atomic mass is 35.5. The molecular formula is C25H23ClN4O6. The molecule has 0 saturated heterocycles. The molecule has 2 N–H and O–H groups in total. The van der Waals surface area contributed by atoms with Crippen LogP contribution in [0.2, 0.25) is 5.02 Å². The number of halogens is 1. The quantitative estimate of drug-likeness (QED) is 0.363. The molecule has 3 aromatic rings. The first kappa shape index (κ1) is 25.0. The zero-order chi connectivity index (χ0) is 25.7. The van der Waals surface area contributed by atoms with Crippen LogP contribution < -0.4 is 10.1 Å². The van der Waals surface area contributed by atoms with Crippen molar-refractivity contribution in [2.75, 3.05) is 11.9 Å². The number of aromatic nitrogens is 2. The highest BCUT2D eigenvalue weighted by Gasteiger charge is 2.30. The molecule has 36 heavy (non-hydrogen) atoms. The first-order chi connectivity index (χ1) is 17.4. The maximum absolute atomic E-state index is 12.6. The maximum Gasteiger partial charge on any atom is 0.412 e. The second-order valence-electron chi connectivity index (χ2n) is 8.45. The summed E-state index contributed by atoms with van der Waals surface area (Å²) < 4.78 is 16.3. The number of carbonyl (C=O) groups is 2. The molecule has 1 fully saturated rings. The molecule has 1 saturated carbocycles. The van der Waals surface area contributed by atoms with E-state index in [1.54, 1.807) is 43.3 Å². The minimum Gasteiger partial charge on any atom is -0.481 e. The van der Waals surface area contributed by atoms with Crippen molar-refractivity contribution in [2.24, 2.45) is 11.8 Å². The van der Waals surface area contributed by atoms with Crippen molar-refractivity contribution in [3.05, 3.63) is 58.9 Å². The smallest absolute Gasteiger partial charge is 0.412 e. The number of nitriles is 1. The van der Waals surface area contributed by atoms with Crippen LogP contribution in [-0.4, -0.2) is 33.9 Å². The van der Waals surface area contributed by atoms with E-state index in [4.69, 9.17) is 25.6 Å². The first-order valence-electron chi connectivity index (χ1n) is 11.3. The van der Waals surface area contributed by atoms with Gasteiger partial charge >= 0.3 is 12.1 Å². The minimum absolute atomic E-state index is 0.0152. The Morgan fingerprint density at radius 3 is 2.72 bits per heavy atom. The van der Waals surface area contributed by atoms with E-state index in [1.807, 2.05) is 6.07 Å². The van der Waals surface area contributed by atoms with E-state index in [9.17, 15) is 20.0 Å². The van der Waals surface area contributed by atoms with Gasteiger partial charge in [0.15, 0.2) is 5.76 Å². The van der Waals surface area contributed by atoms with E-state index in [0.29, 0.717) is 28.5 Å². The maximum atomic E-state index is 12.6. The van der Waals surface area contributed by atoms with E-state index >= 15 is 0 Å². The van der Waals surface area contributed by atoms with Crippen LogP contribution in [0.25, 0.3) is 11.3 Å². The van der Waals surface area contributed by atoms with Gasteiger partial charge in [-0.2, -0.15) is 5.26 Å². The lowest BCUT2D eigenvalue weighted by atomic mass is 10.0. The number of nitrogens with zero attached hydrogens (tertiary/aromatic N) is 3. The van der Waals surface area contributed by atoms with Crippen LogP contribution in [0.5, 0.6) is 5.88 Å². The second-order valence-corrected chi connectivity index (χ2v) is 8.86. The number of nitrogens with one attached hydrogen (secondary N) is 1. The number of anilines is 1. The Morgan fingerprint density at radius 2 is 2.08 bits per heavy atom. The van der Waals surface area contributed by atoms with Crippen LogP contribution in [0.1, 0.15) is 43.5 Å². The molecule has 2 atom stereocenters. The summed E-state index contributed by atoms with van der Waals surface area (Å²) in [5.74, 6) is -0.693. The summed E-state index contributed by atoms with van der Waals surface area (Å²) in [7, 11) is 0. The van der Waals surface area contributed by atoms with Gasteiger partial charge in [0.05, 0.1) is 5.92 Å². The second kappa shape index (κ2) is 11.1. The van der Waals surface area contributed by atoms with Crippen molar-refractivity contribution in [3.63, 3.8) is 0 Å². The van der Waals surface area contributed by atoms with E-state index in [0.717, 1.165) is 12.8 Å². The normalized spacial score (nSPS) is 14.4. The summed E-state index contributed by atoms with van der Waals surface area (Å²) in [5, 5.41) is 25.5. The molecule has 1 aliphatic carbocycles. The lowest BCUT2D eigenvalue weighted by Crippen LogP contribution is -2.22. The number of carboxylic acid groups (broad SMARTS) is 1. The van der Waals surface area contributed by atoms with Crippen molar-refractivity contribution >= 4 is 29.4 Å². The Balaban J connectivity index is 1.43. The fourth-order valence-electron chi connectivity index (χ4n) is 3.62. The highest BCUT2D eigenvalue weighted by Crippen LogP contribution is 2.36. The lowest BCUT2D eigenvalue weighted by molar-refractivity contribution is -0.143. The Labute approximate surface area is 211 Å². The Bertz CT molecular complexity index is 1280. The molecule has 2 unspecified atom stereocenters. The van der Waals surface area contributed by atoms with Gasteiger partial charge in [0.25, 0.3) is 0 Å². The van der Waals surface area contributed by atoms with Crippen LogP contribution in [0.15, 0.2) is 47.1 Å². The van der Waals surface area contributed by atoms with Crippen LogP contribution in [0.4, 0.5) is 10.5 Å². The largest absolute Gasteiger partial charge is 0.481 e. The summed E-state index contributed by atoms with van der Waals surface area (Å²) in [6, 6.07) is 12.0. The zero-order valence-corrected chi connectivity index (χ0v) is 20.1. The molecule has 2 heterocycles. The van der Waals surface area contributed by atoms with Crippen molar-refractivity contribution in [3.8, 4) is 23.3 Å². The third-order valence-corrected chi connectivity index (χ3v) is 6.09. The standard InChI is InChI=1S/C25H23ClN4O6/c1-14(18-4-2-3-5-19(18)26)35-25(33)29-22-20(11-27)30-36-23(22)16-8-9-21(28-12-16)34-13-17(24(31)32)10-15-6-7-15/h2-5,8-9,12,14-15,17H,6-7,10,13H2,1H3,(H,29,33)(H,31,32). The molecule has 0 aliphatic heterocycles. The third kappa shape index (κ3) is 6.12. The molecular weight excluding hydrogens is 488 g/mol. The summed E-state index contributed by atoms with van der Waals surface area (Å²) in [4.78, 5) is 28.2. The molecule has 4 rings (SSSR count). The van der Waals surface area contributed by atoms with Gasteiger partial charge < -0.3 is 19.1 Å². The number of hydrogen-bond donors (Lipinski definition) is 2. The van der Waals surface area contributed by atoms with Crippen molar-refractivity contribution in [2.45, 2.75) is 32.3 Å². The van der Waals surface area contributed by atoms with Gasteiger partial charge in [-0.25, -0.2) is 9.78 Å². The highest BCUT2D eigenvalue weighted by molar-refractivity contribution is 6.31. The topological polar surface area (TPSA) is 148 Å². The number of aliphatic carboxylic acids is 1. The molecule has 0 spiro atoms. The Hall–Kier alpha value is -4.10. The molecule has 2 aromatic heterocycles. The number of pyridine rings is 1. The van der Waals surface area contributed by atoms with Crippen molar-refractivity contribution in [1.29, 1.82) is 5.26 Å². The summed E-state index contributed by atoms with van der Waals surface area (Å²) in [6.07, 6.45) is 2.63. The van der Waals surface area contributed by atoms with Gasteiger partial charge in [0.2, 0.25) is 11.6 Å². The molecule has 0 bridgehead atoms. The van der Waals surface area contributed by atoms with E-state index < -0.39 is 24.1 Å². The fraction of sp³-hybridized carbons (Fsp3) is 0.320. The molecule has 11 heteroatoms. The van der Waals surface area contributed by atoms with E-state index in [-0.39, 0.29) is 29.6 Å².